The summed E-state index contributed by atoms with van der Waals surface area (Å²) in [7, 11) is 1.94. The summed E-state index contributed by atoms with van der Waals surface area (Å²) in [6.07, 6.45) is 0.374. The normalized spacial score (nSPS) is 12.9. The minimum Gasteiger partial charge on any atom is -0.486 e. The molecule has 0 saturated carbocycles. The minimum absolute atomic E-state index is 0.174. The van der Waals surface area contributed by atoms with Crippen molar-refractivity contribution >= 4 is 11.7 Å². The van der Waals surface area contributed by atoms with Gasteiger partial charge in [0.2, 0.25) is 0 Å². The molecule has 0 bridgehead atoms. The van der Waals surface area contributed by atoms with E-state index in [-0.39, 0.29) is 5.97 Å². The zero-order chi connectivity index (χ0) is 13.7. The number of benzene rings is 1. The molecule has 0 unspecified atom stereocenters. The zero-order valence-corrected chi connectivity index (χ0v) is 11.3. The topological polar surface area (TPSA) is 48.0 Å². The Kier molecular flexibility index (Phi) is 4.49. The van der Waals surface area contributed by atoms with Crippen LogP contribution in [0.15, 0.2) is 18.2 Å². The predicted octanol–water partition coefficient (Wildman–Crippen LogP) is 1.85. The van der Waals surface area contributed by atoms with Gasteiger partial charge < -0.3 is 19.1 Å². The number of anilines is 1. The summed E-state index contributed by atoms with van der Waals surface area (Å²) < 4.78 is 15.9. The fraction of sp³-hybridized carbons (Fsp3) is 0.500. The van der Waals surface area contributed by atoms with Gasteiger partial charge in [0, 0.05) is 25.3 Å². The number of rotatable bonds is 5. The number of fused-ring (bicyclic) bond motifs is 1. The van der Waals surface area contributed by atoms with Crippen molar-refractivity contribution in [1.29, 1.82) is 0 Å². The molecular weight excluding hydrogens is 246 g/mol. The number of hydrogen-bond donors (Lipinski definition) is 0. The lowest BCUT2D eigenvalue weighted by molar-refractivity contribution is -0.142. The van der Waals surface area contributed by atoms with E-state index in [1.807, 2.05) is 37.1 Å². The van der Waals surface area contributed by atoms with Crippen LogP contribution in [0, 0.1) is 0 Å². The van der Waals surface area contributed by atoms with Crippen LogP contribution >= 0.6 is 0 Å². The molecule has 1 aliphatic heterocycles. The molecule has 0 radical (unpaired) electrons. The Labute approximate surface area is 113 Å². The molecule has 1 aromatic rings. The molecular formula is C14H19NO4. The van der Waals surface area contributed by atoms with Gasteiger partial charge in [-0.05, 0) is 19.1 Å². The maximum atomic E-state index is 11.3. The molecule has 0 amide bonds. The van der Waals surface area contributed by atoms with Crippen molar-refractivity contribution in [2.45, 2.75) is 13.3 Å². The van der Waals surface area contributed by atoms with E-state index in [4.69, 9.17) is 14.2 Å². The minimum atomic E-state index is -0.174. The van der Waals surface area contributed by atoms with Crippen molar-refractivity contribution in [1.82, 2.24) is 0 Å². The highest BCUT2D eigenvalue weighted by atomic mass is 16.6. The van der Waals surface area contributed by atoms with Crippen molar-refractivity contribution in [2.75, 3.05) is 38.3 Å². The van der Waals surface area contributed by atoms with Gasteiger partial charge in [-0.3, -0.25) is 4.79 Å². The Morgan fingerprint density at radius 1 is 1.32 bits per heavy atom. The molecule has 1 heterocycles. The van der Waals surface area contributed by atoms with Crippen molar-refractivity contribution in [3.05, 3.63) is 18.2 Å². The number of ether oxygens (including phenoxy) is 3. The molecule has 0 spiro atoms. The maximum absolute atomic E-state index is 11.3. The molecule has 0 saturated heterocycles. The van der Waals surface area contributed by atoms with E-state index in [1.54, 1.807) is 0 Å². The van der Waals surface area contributed by atoms with Gasteiger partial charge in [-0.2, -0.15) is 0 Å². The molecule has 0 fully saturated rings. The molecule has 104 valence electrons. The Morgan fingerprint density at radius 2 is 2.05 bits per heavy atom. The average molecular weight is 265 g/mol. The molecule has 1 aliphatic rings. The van der Waals surface area contributed by atoms with Crippen LogP contribution in [-0.2, 0) is 9.53 Å². The van der Waals surface area contributed by atoms with Gasteiger partial charge in [0.05, 0.1) is 13.0 Å². The van der Waals surface area contributed by atoms with E-state index in [2.05, 4.69) is 0 Å². The molecule has 0 N–H and O–H groups in total. The van der Waals surface area contributed by atoms with E-state index >= 15 is 0 Å². The van der Waals surface area contributed by atoms with Crippen LogP contribution in [0.5, 0.6) is 11.5 Å². The van der Waals surface area contributed by atoms with E-state index in [1.165, 1.54) is 0 Å². The first-order chi connectivity index (χ1) is 9.20. The predicted molar refractivity (Wildman–Crippen MR) is 72.0 cm³/mol. The average Bonchev–Trinajstić information content (AvgIpc) is 2.44. The summed E-state index contributed by atoms with van der Waals surface area (Å²) in [5.74, 6) is 1.35. The van der Waals surface area contributed by atoms with Gasteiger partial charge in [-0.25, -0.2) is 0 Å². The van der Waals surface area contributed by atoms with Gasteiger partial charge >= 0.3 is 5.97 Å². The molecule has 0 aromatic heterocycles. The van der Waals surface area contributed by atoms with Crippen LogP contribution < -0.4 is 14.4 Å². The number of hydrogen-bond acceptors (Lipinski definition) is 5. The first-order valence-electron chi connectivity index (χ1n) is 6.47. The molecule has 5 heteroatoms. The standard InChI is InChI=1S/C14H19NO4/c1-3-17-14(16)6-7-15(2)11-4-5-12-13(10-11)19-9-8-18-12/h4-5,10H,3,6-9H2,1-2H3. The van der Waals surface area contributed by atoms with Gasteiger partial charge in [0.1, 0.15) is 13.2 Å². The monoisotopic (exact) mass is 265 g/mol. The number of carbonyl (C=O) groups excluding carboxylic acids is 1. The number of carbonyl (C=O) groups is 1. The van der Waals surface area contributed by atoms with Crippen molar-refractivity contribution in [3.63, 3.8) is 0 Å². The summed E-state index contributed by atoms with van der Waals surface area (Å²) >= 11 is 0. The lowest BCUT2D eigenvalue weighted by Gasteiger charge is -2.23. The zero-order valence-electron chi connectivity index (χ0n) is 11.3. The Bertz CT molecular complexity index is 447. The molecule has 2 rings (SSSR count). The second-order valence-corrected chi connectivity index (χ2v) is 4.30. The highest BCUT2D eigenvalue weighted by Crippen LogP contribution is 2.33. The van der Waals surface area contributed by atoms with Gasteiger partial charge in [-0.15, -0.1) is 0 Å². The summed E-state index contributed by atoms with van der Waals surface area (Å²) in [5.41, 5.74) is 0.994. The Hall–Kier alpha value is -1.91. The molecule has 5 nitrogen and oxygen atoms in total. The van der Waals surface area contributed by atoms with Crippen molar-refractivity contribution in [3.8, 4) is 11.5 Å². The third kappa shape index (κ3) is 3.53. The molecule has 19 heavy (non-hydrogen) atoms. The summed E-state index contributed by atoms with van der Waals surface area (Å²) in [5, 5.41) is 0. The third-order valence-corrected chi connectivity index (χ3v) is 2.92. The van der Waals surface area contributed by atoms with Crippen LogP contribution in [0.2, 0.25) is 0 Å². The van der Waals surface area contributed by atoms with Crippen LogP contribution in [-0.4, -0.2) is 39.4 Å². The van der Waals surface area contributed by atoms with Crippen LogP contribution in [0.1, 0.15) is 13.3 Å². The van der Waals surface area contributed by atoms with Crippen LogP contribution in [0.3, 0.4) is 0 Å². The SMILES string of the molecule is CCOC(=O)CCN(C)c1ccc2c(c1)OCCO2. The number of esters is 1. The second kappa shape index (κ2) is 6.31. The first-order valence-corrected chi connectivity index (χ1v) is 6.47. The fourth-order valence-electron chi connectivity index (χ4n) is 1.89. The smallest absolute Gasteiger partial charge is 0.307 e. The highest BCUT2D eigenvalue weighted by Gasteiger charge is 2.13. The van der Waals surface area contributed by atoms with Crippen molar-refractivity contribution in [2.24, 2.45) is 0 Å². The van der Waals surface area contributed by atoms with E-state index in [9.17, 15) is 4.79 Å². The third-order valence-electron chi connectivity index (χ3n) is 2.92. The van der Waals surface area contributed by atoms with E-state index in [0.717, 1.165) is 17.2 Å². The lowest BCUT2D eigenvalue weighted by Crippen LogP contribution is -2.22. The van der Waals surface area contributed by atoms with Crippen LogP contribution in [0.4, 0.5) is 5.69 Å². The number of nitrogens with zero attached hydrogens (tertiary/aromatic N) is 1. The van der Waals surface area contributed by atoms with Crippen molar-refractivity contribution < 1.29 is 19.0 Å². The molecule has 0 aliphatic carbocycles. The van der Waals surface area contributed by atoms with Crippen LogP contribution in [0.25, 0.3) is 0 Å². The summed E-state index contributed by atoms with van der Waals surface area (Å²) in [6.45, 7) is 4.00. The lowest BCUT2D eigenvalue weighted by atomic mass is 10.2. The fourth-order valence-corrected chi connectivity index (χ4v) is 1.89. The highest BCUT2D eigenvalue weighted by molar-refractivity contribution is 5.70. The quantitative estimate of drug-likeness (QED) is 0.760. The van der Waals surface area contributed by atoms with Gasteiger partial charge in [-0.1, -0.05) is 0 Å². The summed E-state index contributed by atoms with van der Waals surface area (Å²) in [4.78, 5) is 13.3. The molecule has 0 atom stereocenters. The van der Waals surface area contributed by atoms with Gasteiger partial charge in [0.25, 0.3) is 0 Å². The van der Waals surface area contributed by atoms with Gasteiger partial charge in [0.15, 0.2) is 11.5 Å². The summed E-state index contributed by atoms with van der Waals surface area (Å²) in [6, 6.07) is 5.78. The van der Waals surface area contributed by atoms with E-state index in [0.29, 0.717) is 32.8 Å². The maximum Gasteiger partial charge on any atom is 0.307 e. The van der Waals surface area contributed by atoms with E-state index < -0.39 is 0 Å². The second-order valence-electron chi connectivity index (χ2n) is 4.30. The Morgan fingerprint density at radius 3 is 2.79 bits per heavy atom. The largest absolute Gasteiger partial charge is 0.486 e. The molecule has 1 aromatic carbocycles. The Balaban J connectivity index is 1.95. The first kappa shape index (κ1) is 13.5.